The molecule has 2 aromatic carbocycles. The van der Waals surface area contributed by atoms with Gasteiger partial charge in [0.2, 0.25) is 5.82 Å². The summed E-state index contributed by atoms with van der Waals surface area (Å²) in [6.45, 7) is 0. The van der Waals surface area contributed by atoms with Crippen molar-refractivity contribution in [1.29, 1.82) is 0 Å². The van der Waals surface area contributed by atoms with Crippen LogP contribution in [0.2, 0.25) is 5.02 Å². The van der Waals surface area contributed by atoms with Crippen molar-refractivity contribution in [2.75, 3.05) is 12.4 Å². The quantitative estimate of drug-likeness (QED) is 0.434. The van der Waals surface area contributed by atoms with Crippen molar-refractivity contribution in [3.63, 3.8) is 0 Å². The lowest BCUT2D eigenvalue weighted by molar-refractivity contribution is -0.145. The fourth-order valence-corrected chi connectivity index (χ4v) is 3.14. The van der Waals surface area contributed by atoms with Crippen LogP contribution in [0.5, 0.6) is 5.75 Å². The van der Waals surface area contributed by atoms with Crippen LogP contribution < -0.4 is 10.1 Å². The molecule has 0 atom stereocenters. The summed E-state index contributed by atoms with van der Waals surface area (Å²) in [5.74, 6) is -2.79. The van der Waals surface area contributed by atoms with E-state index in [1.807, 2.05) is 0 Å². The molecule has 7 nitrogen and oxygen atoms in total. The van der Waals surface area contributed by atoms with Crippen molar-refractivity contribution in [2.24, 2.45) is 0 Å². The van der Waals surface area contributed by atoms with Crippen molar-refractivity contribution >= 4 is 34.4 Å². The molecule has 0 radical (unpaired) electrons. The first-order valence-electron chi connectivity index (χ1n) is 8.90. The average molecular weight is 466 g/mol. The van der Waals surface area contributed by atoms with Crippen LogP contribution in [0, 0.1) is 5.82 Å². The van der Waals surface area contributed by atoms with Gasteiger partial charge in [-0.1, -0.05) is 11.6 Å². The lowest BCUT2D eigenvalue weighted by Crippen LogP contribution is -2.17. The van der Waals surface area contributed by atoms with Crippen molar-refractivity contribution in [3.8, 4) is 11.6 Å². The van der Waals surface area contributed by atoms with E-state index in [0.29, 0.717) is 5.75 Å². The number of fused-ring (bicyclic) bond motifs is 1. The van der Waals surface area contributed by atoms with Crippen molar-refractivity contribution in [1.82, 2.24) is 19.5 Å². The van der Waals surface area contributed by atoms with E-state index in [-0.39, 0.29) is 33.3 Å². The Morgan fingerprint density at radius 3 is 2.56 bits per heavy atom. The van der Waals surface area contributed by atoms with E-state index in [1.54, 1.807) is 0 Å². The van der Waals surface area contributed by atoms with Crippen molar-refractivity contribution in [2.45, 2.75) is 6.18 Å². The van der Waals surface area contributed by atoms with Crippen LogP contribution in [0.3, 0.4) is 0 Å². The summed E-state index contributed by atoms with van der Waals surface area (Å²) in [4.78, 5) is 23.8. The molecule has 0 saturated carbocycles. The Bertz CT molecular complexity index is 1320. The third-order valence-electron chi connectivity index (χ3n) is 4.40. The molecule has 1 amide bonds. The standard InChI is InChI=1S/C20H12ClF4N5O2/c1-32-11-3-5-15-14(7-11)28-19(20(23,24)25)30(15)17-9-26-16(8-27-17)29-18(31)12-6-10(21)2-4-13(12)22/h2-9H,1H3,(H,26,29,31). The molecule has 4 rings (SSSR count). The number of carbonyl (C=O) groups is 1. The molecule has 2 heterocycles. The monoisotopic (exact) mass is 465 g/mol. The number of hydrogen-bond acceptors (Lipinski definition) is 5. The van der Waals surface area contributed by atoms with Gasteiger partial charge in [0, 0.05) is 11.1 Å². The molecule has 0 unspecified atom stereocenters. The van der Waals surface area contributed by atoms with Gasteiger partial charge in [0.1, 0.15) is 11.6 Å². The molecular formula is C20H12ClF4N5O2. The van der Waals surface area contributed by atoms with Crippen molar-refractivity contribution < 1.29 is 27.1 Å². The van der Waals surface area contributed by atoms with E-state index in [9.17, 15) is 22.4 Å². The predicted octanol–water partition coefficient (Wildman–Crippen LogP) is 4.89. The molecule has 1 N–H and O–H groups in total. The number of anilines is 1. The summed E-state index contributed by atoms with van der Waals surface area (Å²) in [6, 6.07) is 7.71. The third-order valence-corrected chi connectivity index (χ3v) is 4.63. The molecule has 0 aliphatic heterocycles. The molecule has 0 fully saturated rings. The number of halogens is 5. The molecule has 0 aliphatic carbocycles. The first-order valence-corrected chi connectivity index (χ1v) is 9.27. The highest BCUT2D eigenvalue weighted by molar-refractivity contribution is 6.31. The van der Waals surface area contributed by atoms with Gasteiger partial charge in [0.25, 0.3) is 5.91 Å². The van der Waals surface area contributed by atoms with Gasteiger partial charge in [0.05, 0.1) is 36.1 Å². The maximum absolute atomic E-state index is 13.9. The first-order chi connectivity index (χ1) is 15.2. The number of alkyl halides is 3. The smallest absolute Gasteiger partial charge is 0.450 e. The second-order valence-electron chi connectivity index (χ2n) is 6.46. The van der Waals surface area contributed by atoms with Gasteiger partial charge in [0.15, 0.2) is 11.6 Å². The zero-order valence-electron chi connectivity index (χ0n) is 16.1. The van der Waals surface area contributed by atoms with Gasteiger partial charge in [-0.15, -0.1) is 0 Å². The van der Waals surface area contributed by atoms with Gasteiger partial charge < -0.3 is 10.1 Å². The van der Waals surface area contributed by atoms with Crippen LogP contribution in [0.1, 0.15) is 16.2 Å². The first kappa shape index (κ1) is 21.5. The number of methoxy groups -OCH3 is 1. The maximum Gasteiger partial charge on any atom is 0.450 e. The zero-order valence-corrected chi connectivity index (χ0v) is 16.9. The summed E-state index contributed by atoms with van der Waals surface area (Å²) >= 11 is 5.78. The molecule has 2 aromatic heterocycles. The summed E-state index contributed by atoms with van der Waals surface area (Å²) in [5, 5.41) is 2.47. The van der Waals surface area contributed by atoms with Gasteiger partial charge in [-0.3, -0.25) is 9.36 Å². The molecule has 0 spiro atoms. The Kier molecular flexibility index (Phi) is 5.43. The predicted molar refractivity (Wildman–Crippen MR) is 108 cm³/mol. The number of ether oxygens (including phenoxy) is 1. The lowest BCUT2D eigenvalue weighted by Gasteiger charge is -2.11. The minimum absolute atomic E-state index is 0.0484. The second-order valence-corrected chi connectivity index (χ2v) is 6.90. The van der Waals surface area contributed by atoms with E-state index >= 15 is 0 Å². The SMILES string of the molecule is COc1ccc2c(c1)nc(C(F)(F)F)n2-c1cnc(NC(=O)c2cc(Cl)ccc2F)cn1. The number of amides is 1. The number of nitrogens with zero attached hydrogens (tertiary/aromatic N) is 4. The summed E-state index contributed by atoms with van der Waals surface area (Å²) < 4.78 is 60.5. The lowest BCUT2D eigenvalue weighted by atomic mass is 10.2. The fraction of sp³-hybridized carbons (Fsp3) is 0.100. The maximum atomic E-state index is 13.9. The highest BCUT2D eigenvalue weighted by Gasteiger charge is 2.38. The Morgan fingerprint density at radius 1 is 1.12 bits per heavy atom. The Hall–Kier alpha value is -3.73. The molecule has 0 saturated heterocycles. The van der Waals surface area contributed by atoms with Crippen LogP contribution >= 0.6 is 11.6 Å². The normalized spacial score (nSPS) is 11.6. The molecule has 0 bridgehead atoms. The van der Waals surface area contributed by atoms with Gasteiger partial charge in [-0.25, -0.2) is 19.3 Å². The Balaban J connectivity index is 1.70. The van der Waals surface area contributed by atoms with Crippen LogP contribution in [-0.2, 0) is 6.18 Å². The average Bonchev–Trinajstić information content (AvgIpc) is 3.15. The summed E-state index contributed by atoms with van der Waals surface area (Å²) in [5.41, 5.74) is -0.144. The Morgan fingerprint density at radius 2 is 1.91 bits per heavy atom. The minimum atomic E-state index is -4.77. The van der Waals surface area contributed by atoms with Crippen LogP contribution in [-0.4, -0.2) is 32.5 Å². The largest absolute Gasteiger partial charge is 0.497 e. The fourth-order valence-electron chi connectivity index (χ4n) is 2.97. The molecule has 0 aliphatic rings. The minimum Gasteiger partial charge on any atom is -0.497 e. The molecular weight excluding hydrogens is 454 g/mol. The van der Waals surface area contributed by atoms with Crippen LogP contribution in [0.25, 0.3) is 16.9 Å². The Labute approximate surface area is 182 Å². The number of imidazole rings is 1. The number of aromatic nitrogens is 4. The topological polar surface area (TPSA) is 81.9 Å². The second kappa shape index (κ2) is 8.08. The van der Waals surface area contributed by atoms with Gasteiger partial charge in [-0.05, 0) is 30.3 Å². The number of hydrogen-bond donors (Lipinski definition) is 1. The molecule has 164 valence electrons. The zero-order chi connectivity index (χ0) is 23.0. The van der Waals surface area contributed by atoms with Crippen LogP contribution in [0.4, 0.5) is 23.4 Å². The van der Waals surface area contributed by atoms with E-state index < -0.39 is 23.7 Å². The summed E-state index contributed by atoms with van der Waals surface area (Å²) in [6.07, 6.45) is -2.69. The van der Waals surface area contributed by atoms with Gasteiger partial charge in [-0.2, -0.15) is 13.2 Å². The molecule has 32 heavy (non-hydrogen) atoms. The van der Waals surface area contributed by atoms with Crippen molar-refractivity contribution in [3.05, 3.63) is 71.0 Å². The molecule has 12 heteroatoms. The summed E-state index contributed by atoms with van der Waals surface area (Å²) in [7, 11) is 1.39. The third kappa shape index (κ3) is 4.06. The molecule has 4 aromatic rings. The van der Waals surface area contributed by atoms with E-state index in [2.05, 4.69) is 20.3 Å². The van der Waals surface area contributed by atoms with E-state index in [1.165, 1.54) is 31.4 Å². The van der Waals surface area contributed by atoms with Crippen LogP contribution in [0.15, 0.2) is 48.8 Å². The number of benzene rings is 2. The van der Waals surface area contributed by atoms with E-state index in [0.717, 1.165) is 29.1 Å². The van der Waals surface area contributed by atoms with Gasteiger partial charge >= 0.3 is 6.18 Å². The number of rotatable bonds is 4. The highest BCUT2D eigenvalue weighted by atomic mass is 35.5. The number of nitrogens with one attached hydrogen (secondary N) is 1. The number of carbonyl (C=O) groups excluding carboxylic acids is 1. The highest BCUT2D eigenvalue weighted by Crippen LogP contribution is 2.34. The van der Waals surface area contributed by atoms with E-state index in [4.69, 9.17) is 16.3 Å².